The molecule has 0 saturated heterocycles. The van der Waals surface area contributed by atoms with Crippen molar-refractivity contribution in [3.8, 4) is 0 Å². The lowest BCUT2D eigenvalue weighted by atomic mass is 9.63. The highest BCUT2D eigenvalue weighted by Gasteiger charge is 2.53. The van der Waals surface area contributed by atoms with Gasteiger partial charge in [-0.25, -0.2) is 0 Å². The van der Waals surface area contributed by atoms with Gasteiger partial charge in [-0.2, -0.15) is 0 Å². The molecule has 0 radical (unpaired) electrons. The summed E-state index contributed by atoms with van der Waals surface area (Å²) in [6.45, 7) is 12.5. The maximum absolute atomic E-state index is 2.58. The van der Waals surface area contributed by atoms with Gasteiger partial charge in [0, 0.05) is 0 Å². The molecular weight excluding hydrogens is 180 g/mol. The first kappa shape index (κ1) is 11.5. The van der Waals surface area contributed by atoms with E-state index in [0.717, 1.165) is 17.8 Å². The Bertz CT molecular complexity index is 242. The zero-order valence-electron chi connectivity index (χ0n) is 11.3. The Hall–Kier alpha value is 0. The van der Waals surface area contributed by atoms with Gasteiger partial charge in [-0.15, -0.1) is 0 Å². The summed E-state index contributed by atoms with van der Waals surface area (Å²) in [5, 5.41) is 0. The maximum atomic E-state index is 2.58. The van der Waals surface area contributed by atoms with E-state index < -0.39 is 0 Å². The van der Waals surface area contributed by atoms with Crippen LogP contribution >= 0.6 is 0 Å². The first-order chi connectivity index (χ1) is 6.88. The summed E-state index contributed by atoms with van der Waals surface area (Å²) >= 11 is 0. The molecule has 0 aromatic rings. The van der Waals surface area contributed by atoms with Crippen molar-refractivity contribution in [2.24, 2.45) is 28.6 Å². The fraction of sp³-hybridized carbons (Fsp3) is 1.00. The van der Waals surface area contributed by atoms with E-state index in [9.17, 15) is 0 Å². The van der Waals surface area contributed by atoms with E-state index in [0.29, 0.717) is 10.8 Å². The summed E-state index contributed by atoms with van der Waals surface area (Å²) in [6.07, 6.45) is 7.43. The number of rotatable bonds is 1. The number of hydrogen-bond donors (Lipinski definition) is 0. The highest BCUT2D eigenvalue weighted by Crippen LogP contribution is 2.63. The highest BCUT2D eigenvalue weighted by atomic mass is 14.6. The molecule has 15 heavy (non-hydrogen) atoms. The summed E-state index contributed by atoms with van der Waals surface area (Å²) in [5.74, 6) is 2.83. The van der Waals surface area contributed by atoms with E-state index in [1.807, 2.05) is 0 Å². The van der Waals surface area contributed by atoms with Crippen LogP contribution in [0.25, 0.3) is 0 Å². The second kappa shape index (κ2) is 3.50. The molecule has 0 heteroatoms. The zero-order valence-corrected chi connectivity index (χ0v) is 11.3. The zero-order chi connectivity index (χ0) is 11.3. The molecule has 0 N–H and O–H groups in total. The van der Waals surface area contributed by atoms with Gasteiger partial charge in [-0.05, 0) is 47.8 Å². The third-order valence-electron chi connectivity index (χ3n) is 6.14. The second-order valence-corrected chi connectivity index (χ2v) is 7.22. The molecule has 4 atom stereocenters. The smallest absolute Gasteiger partial charge is 0.0266 e. The van der Waals surface area contributed by atoms with Crippen LogP contribution in [0.3, 0.4) is 0 Å². The standard InChI is InChI=1S/C15H28/c1-11(2)14(4)9-13-8-6-7-12(3)15(13,5)10-14/h11-13H,6-10H2,1-5H3/t12-,13+,14-,15+/m0/s1. The van der Waals surface area contributed by atoms with Crippen LogP contribution in [-0.4, -0.2) is 0 Å². The Morgan fingerprint density at radius 2 is 1.80 bits per heavy atom. The van der Waals surface area contributed by atoms with Crippen molar-refractivity contribution >= 4 is 0 Å². The minimum atomic E-state index is 0.623. The Morgan fingerprint density at radius 1 is 1.13 bits per heavy atom. The molecule has 2 aliphatic carbocycles. The van der Waals surface area contributed by atoms with Gasteiger partial charge >= 0.3 is 0 Å². The Kier molecular flexibility index (Phi) is 2.68. The Labute approximate surface area is 95.8 Å². The molecule has 0 nitrogen and oxygen atoms in total. The summed E-state index contributed by atoms with van der Waals surface area (Å²) in [4.78, 5) is 0. The molecule has 0 unspecified atom stereocenters. The molecule has 0 bridgehead atoms. The second-order valence-electron chi connectivity index (χ2n) is 7.22. The van der Waals surface area contributed by atoms with Gasteiger partial charge in [0.15, 0.2) is 0 Å². The van der Waals surface area contributed by atoms with Crippen molar-refractivity contribution in [3.05, 3.63) is 0 Å². The fourth-order valence-corrected chi connectivity index (χ4v) is 4.33. The molecule has 0 aromatic carbocycles. The molecule has 0 spiro atoms. The normalized spacial score (nSPS) is 50.8. The summed E-state index contributed by atoms with van der Waals surface area (Å²) in [6, 6.07) is 0. The van der Waals surface area contributed by atoms with E-state index in [2.05, 4.69) is 34.6 Å². The van der Waals surface area contributed by atoms with Gasteiger partial charge in [0.1, 0.15) is 0 Å². The van der Waals surface area contributed by atoms with Gasteiger partial charge < -0.3 is 0 Å². The minimum absolute atomic E-state index is 0.623. The summed E-state index contributed by atoms with van der Waals surface area (Å²) in [5.41, 5.74) is 1.29. The van der Waals surface area contributed by atoms with Crippen LogP contribution in [-0.2, 0) is 0 Å². The molecule has 2 aliphatic rings. The lowest BCUT2D eigenvalue weighted by molar-refractivity contribution is 0.0744. The first-order valence-electron chi connectivity index (χ1n) is 6.88. The quantitative estimate of drug-likeness (QED) is 0.576. The van der Waals surface area contributed by atoms with Crippen LogP contribution in [0.2, 0.25) is 0 Å². The van der Waals surface area contributed by atoms with Gasteiger partial charge in [-0.3, -0.25) is 0 Å². The van der Waals surface area contributed by atoms with E-state index in [1.165, 1.54) is 32.1 Å². The molecule has 2 fully saturated rings. The van der Waals surface area contributed by atoms with E-state index in [4.69, 9.17) is 0 Å². The van der Waals surface area contributed by atoms with Gasteiger partial charge in [0.05, 0.1) is 0 Å². The SMILES string of the molecule is CC(C)[C@@]1(C)C[C@H]2CCC[C@H](C)[C@@]2(C)C1. The highest BCUT2D eigenvalue weighted by molar-refractivity contribution is 5.03. The average Bonchev–Trinajstić information content (AvgIpc) is 2.41. The van der Waals surface area contributed by atoms with Crippen LogP contribution in [0.4, 0.5) is 0 Å². The predicted octanol–water partition coefficient (Wildman–Crippen LogP) is 4.89. The fourth-order valence-electron chi connectivity index (χ4n) is 4.33. The van der Waals surface area contributed by atoms with E-state index in [1.54, 1.807) is 0 Å². The van der Waals surface area contributed by atoms with Crippen LogP contribution in [0.1, 0.15) is 66.7 Å². The maximum Gasteiger partial charge on any atom is -0.0266 e. The third kappa shape index (κ3) is 1.65. The largest absolute Gasteiger partial charge is 0.0623 e. The monoisotopic (exact) mass is 208 g/mol. The Balaban J connectivity index is 2.23. The average molecular weight is 208 g/mol. The lowest BCUT2D eigenvalue weighted by Gasteiger charge is -2.42. The summed E-state index contributed by atoms with van der Waals surface area (Å²) < 4.78 is 0. The first-order valence-corrected chi connectivity index (χ1v) is 6.88. The van der Waals surface area contributed by atoms with Crippen molar-refractivity contribution in [2.45, 2.75) is 66.7 Å². The Morgan fingerprint density at radius 3 is 2.33 bits per heavy atom. The van der Waals surface area contributed by atoms with Crippen molar-refractivity contribution in [1.29, 1.82) is 0 Å². The topological polar surface area (TPSA) is 0 Å². The molecule has 0 heterocycles. The van der Waals surface area contributed by atoms with Crippen LogP contribution in [0, 0.1) is 28.6 Å². The van der Waals surface area contributed by atoms with Crippen LogP contribution < -0.4 is 0 Å². The minimum Gasteiger partial charge on any atom is -0.0623 e. The predicted molar refractivity (Wildman–Crippen MR) is 66.8 cm³/mol. The van der Waals surface area contributed by atoms with Gasteiger partial charge in [-0.1, -0.05) is 47.5 Å². The molecule has 0 amide bonds. The molecule has 2 saturated carbocycles. The van der Waals surface area contributed by atoms with Crippen LogP contribution in [0.15, 0.2) is 0 Å². The van der Waals surface area contributed by atoms with Crippen molar-refractivity contribution in [3.63, 3.8) is 0 Å². The van der Waals surface area contributed by atoms with E-state index in [-0.39, 0.29) is 0 Å². The lowest BCUT2D eigenvalue weighted by Crippen LogP contribution is -2.33. The van der Waals surface area contributed by atoms with Gasteiger partial charge in [0.25, 0.3) is 0 Å². The van der Waals surface area contributed by atoms with Crippen molar-refractivity contribution < 1.29 is 0 Å². The van der Waals surface area contributed by atoms with Gasteiger partial charge in [0.2, 0.25) is 0 Å². The number of fused-ring (bicyclic) bond motifs is 1. The molecular formula is C15H28. The molecule has 88 valence electrons. The van der Waals surface area contributed by atoms with E-state index >= 15 is 0 Å². The van der Waals surface area contributed by atoms with Crippen LogP contribution in [0.5, 0.6) is 0 Å². The van der Waals surface area contributed by atoms with Crippen molar-refractivity contribution in [2.75, 3.05) is 0 Å². The molecule has 0 aliphatic heterocycles. The third-order valence-corrected chi connectivity index (χ3v) is 6.14. The number of hydrogen-bond acceptors (Lipinski definition) is 0. The molecule has 2 rings (SSSR count). The summed E-state index contributed by atoms with van der Waals surface area (Å²) in [7, 11) is 0. The van der Waals surface area contributed by atoms with Crippen molar-refractivity contribution in [1.82, 2.24) is 0 Å². The molecule has 0 aromatic heterocycles.